The van der Waals surface area contributed by atoms with Gasteiger partial charge in [0, 0.05) is 18.1 Å². The van der Waals surface area contributed by atoms with E-state index in [-0.39, 0.29) is 0 Å². The van der Waals surface area contributed by atoms with Crippen molar-refractivity contribution in [3.8, 4) is 0 Å². The maximum Gasteiger partial charge on any atom is 0.137 e. The molecule has 1 aliphatic rings. The van der Waals surface area contributed by atoms with Crippen LogP contribution in [-0.4, -0.2) is 28.2 Å². The second kappa shape index (κ2) is 4.88. The third-order valence-corrected chi connectivity index (χ3v) is 4.36. The molecule has 90 valence electrons. The highest BCUT2D eigenvalue weighted by Gasteiger charge is 2.16. The quantitative estimate of drug-likeness (QED) is 0.923. The van der Waals surface area contributed by atoms with E-state index in [2.05, 4.69) is 16.5 Å². The Balaban J connectivity index is 1.64. The monoisotopic (exact) mass is 267 g/mol. The molecule has 3 heterocycles. The van der Waals surface area contributed by atoms with Crippen LogP contribution in [0.15, 0.2) is 24.5 Å². The van der Waals surface area contributed by atoms with Gasteiger partial charge in [0.1, 0.15) is 5.65 Å². The summed E-state index contributed by atoms with van der Waals surface area (Å²) in [5.41, 5.74) is 2.10. The van der Waals surface area contributed by atoms with Gasteiger partial charge in [-0.2, -0.15) is 11.8 Å². The first-order valence-electron chi connectivity index (χ1n) is 5.73. The molecule has 5 heteroatoms. The van der Waals surface area contributed by atoms with Gasteiger partial charge in [-0.3, -0.25) is 0 Å². The Morgan fingerprint density at radius 1 is 1.41 bits per heavy atom. The Kier molecular flexibility index (Phi) is 3.27. The first-order chi connectivity index (χ1) is 8.31. The molecule has 17 heavy (non-hydrogen) atoms. The van der Waals surface area contributed by atoms with E-state index in [0.29, 0.717) is 0 Å². The van der Waals surface area contributed by atoms with Gasteiger partial charge in [0.25, 0.3) is 0 Å². The molecule has 2 aromatic rings. The highest BCUT2D eigenvalue weighted by molar-refractivity contribution is 7.98. The molecule has 2 aromatic heterocycles. The van der Waals surface area contributed by atoms with Gasteiger partial charge in [0.15, 0.2) is 0 Å². The van der Waals surface area contributed by atoms with Crippen molar-refractivity contribution in [2.75, 3.05) is 18.8 Å². The van der Waals surface area contributed by atoms with Crippen LogP contribution in [-0.2, 0) is 5.75 Å². The van der Waals surface area contributed by atoms with E-state index >= 15 is 0 Å². The zero-order valence-corrected chi connectivity index (χ0v) is 11.0. The third-order valence-electron chi connectivity index (χ3n) is 2.93. The van der Waals surface area contributed by atoms with Gasteiger partial charge in [-0.1, -0.05) is 11.6 Å². The van der Waals surface area contributed by atoms with Crippen molar-refractivity contribution in [3.63, 3.8) is 0 Å². The average molecular weight is 268 g/mol. The summed E-state index contributed by atoms with van der Waals surface area (Å²) in [5, 5.41) is 4.03. The van der Waals surface area contributed by atoms with Crippen molar-refractivity contribution in [2.45, 2.75) is 5.75 Å². The minimum atomic E-state index is 0.745. The molecule has 0 aromatic carbocycles. The number of aromatic nitrogens is 2. The van der Waals surface area contributed by atoms with Gasteiger partial charge in [-0.25, -0.2) is 4.98 Å². The summed E-state index contributed by atoms with van der Waals surface area (Å²) in [6.07, 6.45) is 3.96. The molecule has 0 saturated carbocycles. The van der Waals surface area contributed by atoms with Gasteiger partial charge in [-0.15, -0.1) is 0 Å². The molecule has 0 atom stereocenters. The van der Waals surface area contributed by atoms with E-state index in [1.807, 2.05) is 34.5 Å². The molecule has 0 bridgehead atoms. The number of hydrogen-bond donors (Lipinski definition) is 1. The molecule has 1 fully saturated rings. The zero-order valence-electron chi connectivity index (χ0n) is 9.40. The summed E-state index contributed by atoms with van der Waals surface area (Å²) >= 11 is 7.90. The fraction of sp³-hybridized carbons (Fsp3) is 0.417. The predicted octanol–water partition coefficient (Wildman–Crippen LogP) is 2.44. The molecular formula is C12H14ClN3S. The summed E-state index contributed by atoms with van der Waals surface area (Å²) in [7, 11) is 0. The first kappa shape index (κ1) is 11.4. The third kappa shape index (κ3) is 2.59. The minimum absolute atomic E-state index is 0.745. The van der Waals surface area contributed by atoms with Crippen molar-refractivity contribution in [3.05, 3.63) is 35.2 Å². The van der Waals surface area contributed by atoms with E-state index < -0.39 is 0 Å². The number of imidazole rings is 1. The van der Waals surface area contributed by atoms with Crippen LogP contribution in [0.3, 0.4) is 0 Å². The molecule has 1 N–H and O–H groups in total. The lowest BCUT2D eigenvalue weighted by Gasteiger charge is -2.26. The van der Waals surface area contributed by atoms with Crippen LogP contribution in [0.2, 0.25) is 5.02 Å². The second-order valence-electron chi connectivity index (χ2n) is 4.38. The van der Waals surface area contributed by atoms with Crippen LogP contribution < -0.4 is 5.32 Å². The Morgan fingerprint density at radius 3 is 3.06 bits per heavy atom. The first-order valence-corrected chi connectivity index (χ1v) is 7.26. The Hall–Kier alpha value is -0.710. The number of nitrogens with zero attached hydrogens (tertiary/aromatic N) is 2. The van der Waals surface area contributed by atoms with Crippen molar-refractivity contribution >= 4 is 29.0 Å². The number of pyridine rings is 1. The van der Waals surface area contributed by atoms with Crippen LogP contribution in [0.4, 0.5) is 0 Å². The number of thioether (sulfide) groups is 1. The largest absolute Gasteiger partial charge is 0.316 e. The number of hydrogen-bond acceptors (Lipinski definition) is 3. The lowest BCUT2D eigenvalue weighted by Crippen LogP contribution is -2.43. The Morgan fingerprint density at radius 2 is 2.29 bits per heavy atom. The minimum Gasteiger partial charge on any atom is -0.316 e. The molecule has 1 saturated heterocycles. The van der Waals surface area contributed by atoms with Crippen LogP contribution in [0, 0.1) is 5.92 Å². The van der Waals surface area contributed by atoms with Crippen molar-refractivity contribution in [1.82, 2.24) is 14.7 Å². The van der Waals surface area contributed by atoms with Gasteiger partial charge in [-0.05, 0) is 36.9 Å². The standard InChI is InChI=1S/C12H14ClN3S/c13-10-1-2-12-15-11(6-16(12)5-10)8-17-7-9-3-14-4-9/h1-2,5-6,9,14H,3-4,7-8H2. The molecular weight excluding hydrogens is 254 g/mol. The maximum absolute atomic E-state index is 5.94. The topological polar surface area (TPSA) is 29.3 Å². The fourth-order valence-corrected chi connectivity index (χ4v) is 3.09. The van der Waals surface area contributed by atoms with Gasteiger partial charge < -0.3 is 9.72 Å². The van der Waals surface area contributed by atoms with E-state index in [1.54, 1.807) is 0 Å². The molecule has 0 aliphatic carbocycles. The lowest BCUT2D eigenvalue weighted by molar-refractivity contribution is 0.385. The summed E-state index contributed by atoms with van der Waals surface area (Å²) < 4.78 is 1.99. The van der Waals surface area contributed by atoms with Gasteiger partial charge >= 0.3 is 0 Å². The molecule has 0 unspecified atom stereocenters. The van der Waals surface area contributed by atoms with Crippen LogP contribution in [0.5, 0.6) is 0 Å². The molecule has 3 rings (SSSR count). The number of rotatable bonds is 4. The van der Waals surface area contributed by atoms with Crippen LogP contribution >= 0.6 is 23.4 Å². The van der Waals surface area contributed by atoms with Gasteiger partial charge in [0.05, 0.1) is 10.7 Å². The smallest absolute Gasteiger partial charge is 0.137 e. The van der Waals surface area contributed by atoms with Crippen molar-refractivity contribution in [1.29, 1.82) is 0 Å². The predicted molar refractivity (Wildman–Crippen MR) is 72.7 cm³/mol. The molecule has 0 spiro atoms. The number of halogens is 1. The SMILES string of the molecule is Clc1ccc2nc(CSCC3CNC3)cn2c1. The van der Waals surface area contributed by atoms with Crippen LogP contribution in [0.25, 0.3) is 5.65 Å². The average Bonchev–Trinajstić information content (AvgIpc) is 2.63. The Bertz CT molecular complexity index is 521. The van der Waals surface area contributed by atoms with E-state index in [0.717, 1.165) is 28.0 Å². The Labute approximate surface area is 110 Å². The van der Waals surface area contributed by atoms with E-state index in [1.165, 1.54) is 18.8 Å². The number of fused-ring (bicyclic) bond motifs is 1. The molecule has 0 radical (unpaired) electrons. The lowest BCUT2D eigenvalue weighted by atomic mass is 10.1. The van der Waals surface area contributed by atoms with Crippen LogP contribution in [0.1, 0.15) is 5.69 Å². The highest BCUT2D eigenvalue weighted by atomic mass is 35.5. The summed E-state index contributed by atoms with van der Waals surface area (Å²) in [4.78, 5) is 4.56. The van der Waals surface area contributed by atoms with Crippen molar-refractivity contribution in [2.24, 2.45) is 5.92 Å². The summed E-state index contributed by atoms with van der Waals surface area (Å²) in [5.74, 6) is 3.06. The molecule has 3 nitrogen and oxygen atoms in total. The maximum atomic E-state index is 5.94. The summed E-state index contributed by atoms with van der Waals surface area (Å²) in [6, 6.07) is 3.83. The molecule has 0 amide bonds. The van der Waals surface area contributed by atoms with Gasteiger partial charge in [0.2, 0.25) is 0 Å². The van der Waals surface area contributed by atoms with E-state index in [4.69, 9.17) is 11.6 Å². The van der Waals surface area contributed by atoms with Crippen molar-refractivity contribution < 1.29 is 0 Å². The summed E-state index contributed by atoms with van der Waals surface area (Å²) in [6.45, 7) is 2.35. The fourth-order valence-electron chi connectivity index (χ4n) is 1.88. The number of nitrogens with one attached hydrogen (secondary N) is 1. The molecule has 1 aliphatic heterocycles. The normalized spacial score (nSPS) is 16.3. The second-order valence-corrected chi connectivity index (χ2v) is 5.85. The zero-order chi connectivity index (χ0) is 11.7. The van der Waals surface area contributed by atoms with E-state index in [9.17, 15) is 0 Å². The highest BCUT2D eigenvalue weighted by Crippen LogP contribution is 2.18.